The van der Waals surface area contributed by atoms with Crippen molar-refractivity contribution in [2.24, 2.45) is 13.0 Å². The summed E-state index contributed by atoms with van der Waals surface area (Å²) in [5, 5.41) is 32.5. The van der Waals surface area contributed by atoms with Crippen LogP contribution in [0, 0.1) is 5.92 Å². The lowest BCUT2D eigenvalue weighted by Gasteiger charge is -2.23. The topological polar surface area (TPSA) is 165 Å². The van der Waals surface area contributed by atoms with Gasteiger partial charge in [0.2, 0.25) is 0 Å². The Hall–Kier alpha value is -3.06. The number of anilines is 1. The lowest BCUT2D eigenvalue weighted by molar-refractivity contribution is -0.137. The number of hydrogen-bond acceptors (Lipinski definition) is 9. The molecule has 2 fully saturated rings. The third-order valence-electron chi connectivity index (χ3n) is 6.42. The normalized spacial score (nSPS) is 26.2. The molecule has 0 unspecified atom stereocenters. The summed E-state index contributed by atoms with van der Waals surface area (Å²) in [4.78, 5) is 21.2. The van der Waals surface area contributed by atoms with Crippen LogP contribution in [-0.2, 0) is 16.6 Å². The maximum absolute atomic E-state index is 12.8. The molecule has 2 aliphatic rings. The number of aromatic nitrogens is 5. The summed E-state index contributed by atoms with van der Waals surface area (Å²) in [5.74, 6) is 0.185. The minimum absolute atomic E-state index is 0.253. The van der Waals surface area contributed by atoms with Gasteiger partial charge in [-0.05, 0) is 37.9 Å². The molecule has 2 saturated heterocycles. The molecule has 176 valence electrons. The van der Waals surface area contributed by atoms with Crippen LogP contribution in [0.15, 0.2) is 24.8 Å². The van der Waals surface area contributed by atoms with Crippen molar-refractivity contribution >= 4 is 22.8 Å². The molecule has 0 aromatic carbocycles. The zero-order valence-corrected chi connectivity index (χ0v) is 18.3. The smallest absolute Gasteiger partial charge is 0.252 e. The number of rotatable bonds is 5. The number of hydrogen-bond donors (Lipinski definition) is 5. The van der Waals surface area contributed by atoms with Crippen LogP contribution in [0.1, 0.15) is 19.1 Å². The van der Waals surface area contributed by atoms with Crippen LogP contribution in [-0.4, -0.2) is 78.4 Å². The lowest BCUT2D eigenvalue weighted by Crippen LogP contribution is -2.45. The molecule has 1 amide bonds. The monoisotopic (exact) mass is 456 g/mol. The van der Waals surface area contributed by atoms with E-state index in [2.05, 4.69) is 25.7 Å². The summed E-state index contributed by atoms with van der Waals surface area (Å²) in [7, 11) is 1.80. The van der Waals surface area contributed by atoms with E-state index in [-0.39, 0.29) is 5.82 Å². The van der Waals surface area contributed by atoms with Gasteiger partial charge in [-0.3, -0.25) is 9.48 Å². The average molecular weight is 457 g/mol. The molecule has 12 nitrogen and oxygen atoms in total. The number of piperidine rings is 1. The highest BCUT2D eigenvalue weighted by molar-refractivity contribution is 5.99. The van der Waals surface area contributed by atoms with Gasteiger partial charge in [0.05, 0.1) is 11.1 Å². The largest absolute Gasteiger partial charge is 0.387 e. The van der Waals surface area contributed by atoms with E-state index in [0.717, 1.165) is 25.9 Å². The highest BCUT2D eigenvalue weighted by atomic mass is 16.6. The van der Waals surface area contributed by atoms with Gasteiger partial charge in [0.15, 0.2) is 12.3 Å². The van der Waals surface area contributed by atoms with Crippen LogP contribution in [0.2, 0.25) is 0 Å². The molecule has 5 heterocycles. The highest BCUT2D eigenvalue weighted by Crippen LogP contribution is 2.37. The van der Waals surface area contributed by atoms with Crippen LogP contribution in [0.25, 0.3) is 22.3 Å². The fourth-order valence-electron chi connectivity index (χ4n) is 4.59. The van der Waals surface area contributed by atoms with Crippen LogP contribution in [0.3, 0.4) is 0 Å². The van der Waals surface area contributed by atoms with Crippen molar-refractivity contribution in [3.63, 3.8) is 0 Å². The predicted octanol–water partition coefficient (Wildman–Crippen LogP) is -0.851. The molecule has 33 heavy (non-hydrogen) atoms. The van der Waals surface area contributed by atoms with Crippen LogP contribution >= 0.6 is 0 Å². The van der Waals surface area contributed by atoms with Crippen LogP contribution in [0.5, 0.6) is 0 Å². The molecular formula is C21H28N8O4. The second-order valence-electron chi connectivity index (χ2n) is 8.65. The summed E-state index contributed by atoms with van der Waals surface area (Å²) in [6.45, 7) is 2.36. The van der Waals surface area contributed by atoms with Gasteiger partial charge in [0, 0.05) is 31.5 Å². The van der Waals surface area contributed by atoms with Gasteiger partial charge in [0.25, 0.3) is 5.91 Å². The van der Waals surface area contributed by atoms with Gasteiger partial charge in [-0.1, -0.05) is 0 Å². The van der Waals surface area contributed by atoms with E-state index < -0.39 is 30.4 Å². The fraction of sp³-hybridized carbons (Fsp3) is 0.524. The second-order valence-corrected chi connectivity index (χ2v) is 8.65. The number of aliphatic hydroxyl groups excluding tert-OH is 2. The van der Waals surface area contributed by atoms with Crippen molar-refractivity contribution in [1.29, 1.82) is 0 Å². The molecule has 0 aliphatic carbocycles. The SMILES string of the molecule is Cn1ccc(-c2cn([C@@H]3O[C@H](C(=O)NCC4CCNCC4)[C@@H](O)[C@H]3O)c3ncnc(N)c23)n1. The maximum atomic E-state index is 12.8. The minimum atomic E-state index is -1.39. The standard InChI is InChI=1S/C21H28N8O4/c1-28-7-4-13(27-28)12-9-29(19-14(12)18(22)25-10-26-19)21-16(31)15(30)17(33-21)20(32)24-8-11-2-5-23-6-3-11/h4,7,9-11,15-17,21,23,30-31H,2-3,5-6,8H2,1H3,(H,24,32)(H2,22,25,26)/t15-,16+,17-,21+/m0/s1. The molecule has 0 radical (unpaired) electrons. The number of nitrogens with zero attached hydrogens (tertiary/aromatic N) is 5. The number of nitrogen functional groups attached to an aromatic ring is 1. The first kappa shape index (κ1) is 21.8. The Morgan fingerprint density at radius 1 is 1.30 bits per heavy atom. The summed E-state index contributed by atoms with van der Waals surface area (Å²) in [6, 6.07) is 1.82. The van der Waals surface area contributed by atoms with Crippen molar-refractivity contribution in [2.75, 3.05) is 25.4 Å². The number of carbonyl (C=O) groups is 1. The van der Waals surface area contributed by atoms with Gasteiger partial charge >= 0.3 is 0 Å². The number of aryl methyl sites for hydroxylation is 1. The van der Waals surface area contributed by atoms with Crippen molar-refractivity contribution < 1.29 is 19.7 Å². The Balaban J connectivity index is 1.41. The first-order valence-electron chi connectivity index (χ1n) is 11.0. The number of amides is 1. The number of aliphatic hydroxyl groups is 2. The Labute approximate surface area is 189 Å². The van der Waals surface area contributed by atoms with E-state index in [1.54, 1.807) is 28.7 Å². The third-order valence-corrected chi connectivity index (χ3v) is 6.42. The van der Waals surface area contributed by atoms with Crippen molar-refractivity contribution in [3.05, 3.63) is 24.8 Å². The van der Waals surface area contributed by atoms with Crippen molar-refractivity contribution in [2.45, 2.75) is 37.4 Å². The van der Waals surface area contributed by atoms with E-state index in [0.29, 0.717) is 34.8 Å². The minimum Gasteiger partial charge on any atom is -0.387 e. The van der Waals surface area contributed by atoms with E-state index in [9.17, 15) is 15.0 Å². The van der Waals surface area contributed by atoms with Gasteiger partial charge < -0.3 is 35.9 Å². The van der Waals surface area contributed by atoms with E-state index in [4.69, 9.17) is 10.5 Å². The maximum Gasteiger partial charge on any atom is 0.252 e. The first-order valence-corrected chi connectivity index (χ1v) is 11.0. The molecule has 3 aromatic rings. The Kier molecular flexibility index (Phi) is 5.74. The molecule has 0 spiro atoms. The van der Waals surface area contributed by atoms with E-state index in [1.165, 1.54) is 6.33 Å². The molecule has 5 rings (SSSR count). The zero-order chi connectivity index (χ0) is 23.1. The quantitative estimate of drug-likeness (QED) is 0.329. The third kappa shape index (κ3) is 3.95. The summed E-state index contributed by atoms with van der Waals surface area (Å²) < 4.78 is 9.12. The predicted molar refractivity (Wildman–Crippen MR) is 119 cm³/mol. The molecule has 3 aromatic heterocycles. The number of ether oxygens (including phenoxy) is 1. The van der Waals surface area contributed by atoms with Crippen LogP contribution in [0.4, 0.5) is 5.82 Å². The molecule has 0 saturated carbocycles. The Morgan fingerprint density at radius 3 is 2.82 bits per heavy atom. The highest BCUT2D eigenvalue weighted by Gasteiger charge is 2.48. The zero-order valence-electron chi connectivity index (χ0n) is 18.3. The summed E-state index contributed by atoms with van der Waals surface area (Å²) in [5.41, 5.74) is 7.86. The molecule has 0 bridgehead atoms. The summed E-state index contributed by atoms with van der Waals surface area (Å²) in [6.07, 6.45) is 1.79. The second kappa shape index (κ2) is 8.71. The van der Waals surface area contributed by atoms with Gasteiger partial charge in [-0.25, -0.2) is 9.97 Å². The Morgan fingerprint density at radius 2 is 2.09 bits per heavy atom. The lowest BCUT2D eigenvalue weighted by atomic mass is 9.98. The number of carbonyl (C=O) groups excluding carboxylic acids is 1. The molecular weight excluding hydrogens is 428 g/mol. The molecule has 12 heteroatoms. The number of nitrogens with one attached hydrogen (secondary N) is 2. The summed E-state index contributed by atoms with van der Waals surface area (Å²) >= 11 is 0. The molecule has 4 atom stereocenters. The van der Waals surface area contributed by atoms with Gasteiger partial charge in [-0.2, -0.15) is 5.10 Å². The molecule has 6 N–H and O–H groups in total. The average Bonchev–Trinajstić information content (AvgIpc) is 3.50. The molecule has 2 aliphatic heterocycles. The fourth-order valence-corrected chi connectivity index (χ4v) is 4.59. The van der Waals surface area contributed by atoms with Gasteiger partial charge in [0.1, 0.15) is 30.0 Å². The van der Waals surface area contributed by atoms with Gasteiger partial charge in [-0.15, -0.1) is 0 Å². The van der Waals surface area contributed by atoms with Crippen molar-refractivity contribution in [3.8, 4) is 11.3 Å². The van der Waals surface area contributed by atoms with E-state index in [1.807, 2.05) is 6.07 Å². The Bertz CT molecular complexity index is 1150. The van der Waals surface area contributed by atoms with E-state index >= 15 is 0 Å². The number of nitrogens with two attached hydrogens (primary N) is 1. The first-order chi connectivity index (χ1) is 15.9. The van der Waals surface area contributed by atoms with Crippen molar-refractivity contribution in [1.82, 2.24) is 34.9 Å². The number of fused-ring (bicyclic) bond motifs is 1. The van der Waals surface area contributed by atoms with Crippen LogP contribution < -0.4 is 16.4 Å².